The molecule has 0 saturated carbocycles. The van der Waals surface area contributed by atoms with Crippen LogP contribution in [0.4, 0.5) is 17.3 Å². The Labute approximate surface area is 201 Å². The summed E-state index contributed by atoms with van der Waals surface area (Å²) in [6.45, 7) is 0. The summed E-state index contributed by atoms with van der Waals surface area (Å²) in [6, 6.07) is 13.0. The van der Waals surface area contributed by atoms with Gasteiger partial charge in [0.2, 0.25) is 10.0 Å². The van der Waals surface area contributed by atoms with Gasteiger partial charge in [-0.3, -0.25) is 8.93 Å². The topological polar surface area (TPSA) is 110 Å². The molecular formula is C22H28N4O4S3. The molecule has 1 heterocycles. The van der Waals surface area contributed by atoms with E-state index in [4.69, 9.17) is 4.74 Å². The minimum atomic E-state index is -3.71. The monoisotopic (exact) mass is 508 g/mol. The number of benzene rings is 2. The molecular weight excluding hydrogens is 480 g/mol. The van der Waals surface area contributed by atoms with Crippen LogP contribution in [0.15, 0.2) is 42.5 Å². The predicted molar refractivity (Wildman–Crippen MR) is 139 cm³/mol. The van der Waals surface area contributed by atoms with E-state index in [-0.39, 0.29) is 18.0 Å². The van der Waals surface area contributed by atoms with Gasteiger partial charge in [0.1, 0.15) is 5.75 Å². The summed E-state index contributed by atoms with van der Waals surface area (Å²) in [7, 11) is -3.16. The Morgan fingerprint density at radius 3 is 2.42 bits per heavy atom. The number of ether oxygens (including phenoxy) is 1. The summed E-state index contributed by atoms with van der Waals surface area (Å²) in [6.07, 6.45) is 4.72. The third-order valence-corrected chi connectivity index (χ3v) is 7.62. The molecule has 1 atom stereocenters. The number of rotatable bonds is 12. The summed E-state index contributed by atoms with van der Waals surface area (Å²) in [5, 5.41) is 3.28. The van der Waals surface area contributed by atoms with Gasteiger partial charge in [-0.25, -0.2) is 18.4 Å². The maximum Gasteiger partial charge on any atom is 0.234 e. The second kappa shape index (κ2) is 11.7. The molecule has 3 rings (SSSR count). The molecule has 0 aliphatic carbocycles. The van der Waals surface area contributed by atoms with E-state index in [2.05, 4.69) is 20.0 Å². The number of nitrogens with zero attached hydrogens (tertiary/aromatic N) is 2. The largest absolute Gasteiger partial charge is 0.497 e. The van der Waals surface area contributed by atoms with Crippen LogP contribution in [-0.4, -0.2) is 59.5 Å². The molecule has 3 aromatic rings. The van der Waals surface area contributed by atoms with Crippen LogP contribution in [0.5, 0.6) is 5.75 Å². The van der Waals surface area contributed by atoms with Crippen molar-refractivity contribution in [1.29, 1.82) is 0 Å². The fourth-order valence-electron chi connectivity index (χ4n) is 3.17. The summed E-state index contributed by atoms with van der Waals surface area (Å²) < 4.78 is 44.7. The van der Waals surface area contributed by atoms with Crippen LogP contribution in [0.1, 0.15) is 12.0 Å². The fourth-order valence-corrected chi connectivity index (χ4v) is 5.39. The number of aromatic nitrogens is 2. The number of anilines is 3. The van der Waals surface area contributed by atoms with E-state index in [1.54, 1.807) is 31.2 Å². The molecule has 0 spiro atoms. The first-order valence-electron chi connectivity index (χ1n) is 10.3. The highest BCUT2D eigenvalue weighted by Gasteiger charge is 2.18. The summed E-state index contributed by atoms with van der Waals surface area (Å²) >= 11 is 1.74. The summed E-state index contributed by atoms with van der Waals surface area (Å²) in [5.74, 6) is 2.19. The Morgan fingerprint density at radius 1 is 1.09 bits per heavy atom. The van der Waals surface area contributed by atoms with Gasteiger partial charge in [-0.1, -0.05) is 18.2 Å². The van der Waals surface area contributed by atoms with Gasteiger partial charge < -0.3 is 10.1 Å². The number of hydrogen-bond donors (Lipinski definition) is 2. The van der Waals surface area contributed by atoms with Crippen molar-refractivity contribution in [1.82, 2.24) is 9.97 Å². The number of methoxy groups -OCH3 is 1. The normalized spacial score (nSPS) is 12.5. The molecule has 1 aromatic heterocycles. The predicted octanol–water partition coefficient (Wildman–Crippen LogP) is 3.80. The zero-order valence-corrected chi connectivity index (χ0v) is 21.3. The highest BCUT2D eigenvalue weighted by Crippen LogP contribution is 2.30. The lowest BCUT2D eigenvalue weighted by Crippen LogP contribution is -2.20. The van der Waals surface area contributed by atoms with Crippen LogP contribution in [-0.2, 0) is 27.2 Å². The lowest BCUT2D eigenvalue weighted by molar-refractivity contribution is 0.415. The molecule has 0 amide bonds. The van der Waals surface area contributed by atoms with Gasteiger partial charge in [0.25, 0.3) is 0 Å². The summed E-state index contributed by atoms with van der Waals surface area (Å²) in [5.41, 5.74) is 3.04. The van der Waals surface area contributed by atoms with Crippen LogP contribution in [0.25, 0.3) is 11.0 Å². The standard InChI is InChI=1S/C22H28N4O4S3/c1-30-17-10-9-16(11-12-31-2)20(15-17)25-21-22(24-19-8-5-4-7-18(19)23-21)26-33(28,29)14-6-13-32(3)27/h4-5,7-10,15H,6,11-14H2,1-3H3,(H,23,25)(H,24,26). The molecule has 8 nitrogen and oxygen atoms in total. The van der Waals surface area contributed by atoms with Crippen LogP contribution in [0, 0.1) is 0 Å². The Balaban J connectivity index is 1.99. The van der Waals surface area contributed by atoms with E-state index in [9.17, 15) is 12.6 Å². The van der Waals surface area contributed by atoms with E-state index in [0.717, 1.165) is 23.4 Å². The van der Waals surface area contributed by atoms with Crippen molar-refractivity contribution in [2.45, 2.75) is 12.8 Å². The molecule has 2 aromatic carbocycles. The van der Waals surface area contributed by atoms with Crippen LogP contribution in [0.2, 0.25) is 0 Å². The van der Waals surface area contributed by atoms with Gasteiger partial charge in [0, 0.05) is 34.6 Å². The van der Waals surface area contributed by atoms with E-state index in [1.165, 1.54) is 0 Å². The zero-order valence-electron chi connectivity index (χ0n) is 18.8. The van der Waals surface area contributed by atoms with Gasteiger partial charge in [-0.2, -0.15) is 11.8 Å². The number of sulfonamides is 1. The number of thioether (sulfide) groups is 1. The Morgan fingerprint density at radius 2 is 1.79 bits per heavy atom. The SMILES string of the molecule is COc1ccc(CCSC)c(Nc2nc3ccccc3nc2NS(=O)(=O)CCCS(C)=O)c1. The number of nitrogens with one attached hydrogen (secondary N) is 2. The van der Waals surface area contributed by atoms with E-state index >= 15 is 0 Å². The molecule has 33 heavy (non-hydrogen) atoms. The molecule has 0 bridgehead atoms. The minimum absolute atomic E-state index is 0.116. The average Bonchev–Trinajstić information content (AvgIpc) is 2.77. The van der Waals surface area contributed by atoms with Crippen LogP contribution in [0.3, 0.4) is 0 Å². The first kappa shape index (κ1) is 25.3. The highest BCUT2D eigenvalue weighted by atomic mass is 32.2. The van der Waals surface area contributed by atoms with Crippen molar-refractivity contribution >= 4 is 60.9 Å². The number of fused-ring (bicyclic) bond motifs is 1. The van der Waals surface area contributed by atoms with Crippen molar-refractivity contribution in [3.63, 3.8) is 0 Å². The molecule has 11 heteroatoms. The lowest BCUT2D eigenvalue weighted by atomic mass is 10.1. The lowest BCUT2D eigenvalue weighted by Gasteiger charge is -2.16. The quantitative estimate of drug-likeness (QED) is 0.380. The van der Waals surface area contributed by atoms with Crippen molar-refractivity contribution in [3.8, 4) is 5.75 Å². The Bertz CT molecular complexity index is 1240. The molecule has 0 radical (unpaired) electrons. The van der Waals surface area contributed by atoms with Gasteiger partial charge in [0.05, 0.1) is 23.9 Å². The van der Waals surface area contributed by atoms with E-state index in [0.29, 0.717) is 28.4 Å². The Kier molecular flexibility index (Phi) is 8.93. The Hall–Kier alpha value is -2.37. The minimum Gasteiger partial charge on any atom is -0.497 e. The maximum absolute atomic E-state index is 12.7. The highest BCUT2D eigenvalue weighted by molar-refractivity contribution is 7.98. The molecule has 0 saturated heterocycles. The van der Waals surface area contributed by atoms with E-state index < -0.39 is 20.8 Å². The first-order valence-corrected chi connectivity index (χ1v) is 15.1. The van der Waals surface area contributed by atoms with Crippen molar-refractivity contribution < 1.29 is 17.4 Å². The second-order valence-corrected chi connectivity index (χ2v) is 11.7. The van der Waals surface area contributed by atoms with Crippen molar-refractivity contribution in [3.05, 3.63) is 48.0 Å². The molecule has 2 N–H and O–H groups in total. The third-order valence-electron chi connectivity index (χ3n) is 4.81. The van der Waals surface area contributed by atoms with Crippen molar-refractivity contribution in [2.24, 2.45) is 0 Å². The molecule has 0 aliphatic rings. The first-order chi connectivity index (χ1) is 15.8. The number of para-hydroxylation sites is 2. The molecule has 0 aliphatic heterocycles. The maximum atomic E-state index is 12.7. The van der Waals surface area contributed by atoms with Crippen molar-refractivity contribution in [2.75, 3.05) is 46.9 Å². The number of hydrogen-bond acceptors (Lipinski definition) is 8. The van der Waals surface area contributed by atoms with E-state index in [1.807, 2.05) is 42.7 Å². The molecule has 178 valence electrons. The van der Waals surface area contributed by atoms with Crippen LogP contribution >= 0.6 is 11.8 Å². The van der Waals surface area contributed by atoms with Gasteiger partial charge in [-0.05, 0) is 48.6 Å². The van der Waals surface area contributed by atoms with Gasteiger partial charge in [0.15, 0.2) is 11.6 Å². The van der Waals surface area contributed by atoms with Crippen LogP contribution < -0.4 is 14.8 Å². The second-order valence-electron chi connectivity index (χ2n) is 7.35. The fraction of sp³-hybridized carbons (Fsp3) is 0.364. The smallest absolute Gasteiger partial charge is 0.234 e. The molecule has 1 unspecified atom stereocenters. The zero-order chi connectivity index (χ0) is 23.8. The molecule has 0 fully saturated rings. The third kappa shape index (κ3) is 7.31. The number of aryl methyl sites for hydroxylation is 1. The summed E-state index contributed by atoms with van der Waals surface area (Å²) in [4.78, 5) is 9.17. The average molecular weight is 509 g/mol. The van der Waals surface area contributed by atoms with Gasteiger partial charge in [-0.15, -0.1) is 0 Å². The van der Waals surface area contributed by atoms with Gasteiger partial charge >= 0.3 is 0 Å².